The smallest absolute Gasteiger partial charge is 0.138 e. The summed E-state index contributed by atoms with van der Waals surface area (Å²) in [6, 6.07) is 5.92. The summed E-state index contributed by atoms with van der Waals surface area (Å²) in [5.74, 6) is 0.259. The van der Waals surface area contributed by atoms with Gasteiger partial charge in [-0.2, -0.15) is 0 Å². The largest absolute Gasteiger partial charge is 0.464 e. The number of rotatable bonds is 2. The zero-order chi connectivity index (χ0) is 11.1. The van der Waals surface area contributed by atoms with Crippen molar-refractivity contribution in [2.24, 2.45) is 5.73 Å². The quantitative estimate of drug-likeness (QED) is 0.714. The molecule has 0 radical (unpaired) electrons. The molecule has 0 saturated carbocycles. The lowest BCUT2D eigenvalue weighted by Crippen LogP contribution is -2.09. The molecular weight excluding hydrogens is 202 g/mol. The third-order valence-corrected chi connectivity index (χ3v) is 3.06. The van der Waals surface area contributed by atoms with Crippen molar-refractivity contribution in [2.45, 2.75) is 12.8 Å². The molecular formula is C13H13NO2. The van der Waals surface area contributed by atoms with Crippen LogP contribution in [0.2, 0.25) is 0 Å². The van der Waals surface area contributed by atoms with E-state index >= 15 is 0 Å². The normalized spacial score (nSPS) is 13.6. The fourth-order valence-electron chi connectivity index (χ4n) is 2.18. The second kappa shape index (κ2) is 3.39. The second-order valence-corrected chi connectivity index (χ2v) is 4.10. The minimum Gasteiger partial charge on any atom is -0.464 e. The first-order chi connectivity index (χ1) is 7.81. The molecule has 2 aromatic heterocycles. The van der Waals surface area contributed by atoms with E-state index in [4.69, 9.17) is 14.6 Å². The van der Waals surface area contributed by atoms with Gasteiger partial charge in [0.1, 0.15) is 11.2 Å². The standard InChI is InChI=1S/C13H13NO2/c1-8(7-14)12-10-3-5-15-11(10)6-9-2-4-16-13(9)12/h2-6,8H,7,14H2,1H3. The van der Waals surface area contributed by atoms with E-state index in [0.29, 0.717) is 6.54 Å². The number of fused-ring (bicyclic) bond motifs is 2. The number of furan rings is 2. The van der Waals surface area contributed by atoms with Gasteiger partial charge in [-0.05, 0) is 30.7 Å². The van der Waals surface area contributed by atoms with Gasteiger partial charge < -0.3 is 14.6 Å². The van der Waals surface area contributed by atoms with Gasteiger partial charge >= 0.3 is 0 Å². The molecule has 16 heavy (non-hydrogen) atoms. The minimum atomic E-state index is 0.259. The van der Waals surface area contributed by atoms with E-state index < -0.39 is 0 Å². The van der Waals surface area contributed by atoms with Crippen LogP contribution in [0.4, 0.5) is 0 Å². The van der Waals surface area contributed by atoms with Crippen molar-refractivity contribution in [1.82, 2.24) is 0 Å². The zero-order valence-electron chi connectivity index (χ0n) is 9.07. The highest BCUT2D eigenvalue weighted by Gasteiger charge is 2.16. The Kier molecular flexibility index (Phi) is 2.01. The van der Waals surface area contributed by atoms with Gasteiger partial charge in [-0.1, -0.05) is 6.92 Å². The Morgan fingerprint density at radius 1 is 1.25 bits per heavy atom. The van der Waals surface area contributed by atoms with Crippen LogP contribution in [0.1, 0.15) is 18.4 Å². The second-order valence-electron chi connectivity index (χ2n) is 4.10. The van der Waals surface area contributed by atoms with Gasteiger partial charge in [0.15, 0.2) is 0 Å². The van der Waals surface area contributed by atoms with E-state index in [0.717, 1.165) is 27.5 Å². The van der Waals surface area contributed by atoms with Crippen molar-refractivity contribution in [2.75, 3.05) is 6.54 Å². The van der Waals surface area contributed by atoms with E-state index in [9.17, 15) is 0 Å². The molecule has 3 heteroatoms. The molecule has 3 rings (SSSR count). The maximum absolute atomic E-state index is 5.75. The van der Waals surface area contributed by atoms with Crippen LogP contribution in [0.3, 0.4) is 0 Å². The van der Waals surface area contributed by atoms with Crippen LogP contribution in [-0.2, 0) is 0 Å². The summed E-state index contributed by atoms with van der Waals surface area (Å²) in [5, 5.41) is 2.16. The van der Waals surface area contributed by atoms with Crippen molar-refractivity contribution < 1.29 is 8.83 Å². The molecule has 0 aliphatic heterocycles. The first kappa shape index (κ1) is 9.48. The number of benzene rings is 1. The Hall–Kier alpha value is -1.74. The van der Waals surface area contributed by atoms with Crippen molar-refractivity contribution in [3.05, 3.63) is 36.3 Å². The Morgan fingerprint density at radius 3 is 2.88 bits per heavy atom. The highest BCUT2D eigenvalue weighted by molar-refractivity contribution is 5.98. The van der Waals surface area contributed by atoms with E-state index in [1.165, 1.54) is 0 Å². The summed E-state index contributed by atoms with van der Waals surface area (Å²) < 4.78 is 11.0. The predicted molar refractivity (Wildman–Crippen MR) is 63.5 cm³/mol. The molecule has 2 N–H and O–H groups in total. The maximum atomic E-state index is 5.75. The summed E-state index contributed by atoms with van der Waals surface area (Å²) in [6.45, 7) is 2.70. The minimum absolute atomic E-state index is 0.259. The van der Waals surface area contributed by atoms with Crippen LogP contribution in [0.25, 0.3) is 21.9 Å². The predicted octanol–water partition coefficient (Wildman–Crippen LogP) is 3.24. The lowest BCUT2D eigenvalue weighted by atomic mass is 9.96. The fourth-order valence-corrected chi connectivity index (χ4v) is 2.18. The van der Waals surface area contributed by atoms with Gasteiger partial charge in [0.05, 0.1) is 12.5 Å². The van der Waals surface area contributed by atoms with Crippen LogP contribution in [0.5, 0.6) is 0 Å². The van der Waals surface area contributed by atoms with Crippen LogP contribution in [-0.4, -0.2) is 6.54 Å². The molecule has 1 atom stereocenters. The summed E-state index contributed by atoms with van der Waals surface area (Å²) >= 11 is 0. The number of hydrogen-bond acceptors (Lipinski definition) is 3. The summed E-state index contributed by atoms with van der Waals surface area (Å²) in [5.41, 5.74) is 8.71. The Balaban J connectivity index is 2.46. The Labute approximate surface area is 92.8 Å². The molecule has 0 bridgehead atoms. The highest BCUT2D eigenvalue weighted by Crippen LogP contribution is 2.34. The summed E-state index contributed by atoms with van der Waals surface area (Å²) in [4.78, 5) is 0. The SMILES string of the molecule is CC(CN)c1c2ccoc2cc2ccoc12. The van der Waals surface area contributed by atoms with Gasteiger partial charge in [-0.15, -0.1) is 0 Å². The molecule has 3 nitrogen and oxygen atoms in total. The lowest BCUT2D eigenvalue weighted by molar-refractivity contribution is 0.603. The number of nitrogens with two attached hydrogens (primary N) is 1. The lowest BCUT2D eigenvalue weighted by Gasteiger charge is -2.10. The molecule has 82 valence electrons. The van der Waals surface area contributed by atoms with Gasteiger partial charge in [0, 0.05) is 16.3 Å². The van der Waals surface area contributed by atoms with E-state index in [1.807, 2.05) is 18.2 Å². The monoisotopic (exact) mass is 215 g/mol. The summed E-state index contributed by atoms with van der Waals surface area (Å²) in [7, 11) is 0. The average molecular weight is 215 g/mol. The molecule has 0 saturated heterocycles. The van der Waals surface area contributed by atoms with E-state index in [-0.39, 0.29) is 5.92 Å². The molecule has 1 aromatic carbocycles. The van der Waals surface area contributed by atoms with Crippen LogP contribution in [0, 0.1) is 0 Å². The molecule has 0 spiro atoms. The summed E-state index contributed by atoms with van der Waals surface area (Å²) in [6.07, 6.45) is 3.41. The van der Waals surface area contributed by atoms with Gasteiger partial charge in [-0.3, -0.25) is 0 Å². The van der Waals surface area contributed by atoms with E-state index in [2.05, 4.69) is 6.92 Å². The molecule has 0 aliphatic carbocycles. The fraction of sp³-hybridized carbons (Fsp3) is 0.231. The molecule has 3 aromatic rings. The molecule has 0 fully saturated rings. The highest BCUT2D eigenvalue weighted by atomic mass is 16.3. The van der Waals surface area contributed by atoms with Gasteiger partial charge in [-0.25, -0.2) is 0 Å². The Bertz CT molecular complexity index is 587. The van der Waals surface area contributed by atoms with Crippen LogP contribution < -0.4 is 5.73 Å². The zero-order valence-corrected chi connectivity index (χ0v) is 9.07. The van der Waals surface area contributed by atoms with Crippen LogP contribution >= 0.6 is 0 Å². The molecule has 2 heterocycles. The topological polar surface area (TPSA) is 52.3 Å². The van der Waals surface area contributed by atoms with Crippen molar-refractivity contribution >= 4 is 21.9 Å². The van der Waals surface area contributed by atoms with E-state index in [1.54, 1.807) is 12.5 Å². The average Bonchev–Trinajstić information content (AvgIpc) is 2.91. The van der Waals surface area contributed by atoms with Crippen molar-refractivity contribution in [3.63, 3.8) is 0 Å². The first-order valence-electron chi connectivity index (χ1n) is 5.38. The molecule has 0 aliphatic rings. The Morgan fingerprint density at radius 2 is 2.06 bits per heavy atom. The van der Waals surface area contributed by atoms with Crippen LogP contribution in [0.15, 0.2) is 39.6 Å². The maximum Gasteiger partial charge on any atom is 0.138 e. The third-order valence-electron chi connectivity index (χ3n) is 3.06. The van der Waals surface area contributed by atoms with Crippen molar-refractivity contribution in [3.8, 4) is 0 Å². The van der Waals surface area contributed by atoms with Crippen molar-refractivity contribution in [1.29, 1.82) is 0 Å². The molecule has 1 unspecified atom stereocenters. The van der Waals surface area contributed by atoms with Gasteiger partial charge in [0.25, 0.3) is 0 Å². The molecule has 0 amide bonds. The third kappa shape index (κ3) is 1.18. The van der Waals surface area contributed by atoms with Gasteiger partial charge in [0.2, 0.25) is 0 Å². The number of hydrogen-bond donors (Lipinski definition) is 1. The first-order valence-corrected chi connectivity index (χ1v) is 5.38.